The Morgan fingerprint density at radius 3 is 2.53 bits per heavy atom. The molecule has 0 aromatic heterocycles. The van der Waals surface area contributed by atoms with E-state index in [1.165, 1.54) is 24.6 Å². The van der Waals surface area contributed by atoms with Gasteiger partial charge in [-0.05, 0) is 24.5 Å². The van der Waals surface area contributed by atoms with E-state index in [0.29, 0.717) is 30.5 Å². The van der Waals surface area contributed by atoms with E-state index in [2.05, 4.69) is 6.92 Å². The standard InChI is InChI=1S/C13H19NO4S/c1-10-6-7-14(9-10)19(15,16)13-8-11(17-2)4-5-12(13)18-3/h4-5,8,10H,6-7,9H2,1-3H3. The summed E-state index contributed by atoms with van der Waals surface area (Å²) in [5.41, 5.74) is 0. The summed E-state index contributed by atoms with van der Waals surface area (Å²) in [5, 5.41) is 0. The number of nitrogens with zero attached hydrogens (tertiary/aromatic N) is 1. The molecule has 1 saturated heterocycles. The van der Waals surface area contributed by atoms with Gasteiger partial charge in [-0.1, -0.05) is 6.92 Å². The number of ether oxygens (including phenoxy) is 2. The van der Waals surface area contributed by atoms with Crippen LogP contribution in [0.5, 0.6) is 11.5 Å². The minimum atomic E-state index is -3.52. The van der Waals surface area contributed by atoms with E-state index in [4.69, 9.17) is 9.47 Å². The predicted molar refractivity (Wildman–Crippen MR) is 72.1 cm³/mol. The van der Waals surface area contributed by atoms with Crippen LogP contribution < -0.4 is 9.47 Å². The van der Waals surface area contributed by atoms with Crippen LogP contribution in [0.2, 0.25) is 0 Å². The summed E-state index contributed by atoms with van der Waals surface area (Å²) < 4.78 is 37.0. The molecular weight excluding hydrogens is 266 g/mol. The first-order valence-electron chi connectivity index (χ1n) is 6.21. The first-order chi connectivity index (χ1) is 8.98. The van der Waals surface area contributed by atoms with Crippen molar-refractivity contribution in [3.05, 3.63) is 18.2 Å². The SMILES string of the molecule is COc1ccc(OC)c(S(=O)(=O)N2CCC(C)C2)c1. The van der Waals surface area contributed by atoms with Crippen LogP contribution in [0.15, 0.2) is 23.1 Å². The molecule has 0 radical (unpaired) electrons. The van der Waals surface area contributed by atoms with Crippen LogP contribution in [0.3, 0.4) is 0 Å². The number of sulfonamides is 1. The fraction of sp³-hybridized carbons (Fsp3) is 0.538. The number of hydrogen-bond donors (Lipinski definition) is 0. The zero-order valence-electron chi connectivity index (χ0n) is 11.4. The van der Waals surface area contributed by atoms with Crippen LogP contribution in [-0.2, 0) is 10.0 Å². The van der Waals surface area contributed by atoms with Crippen molar-refractivity contribution in [2.45, 2.75) is 18.2 Å². The molecule has 5 nitrogen and oxygen atoms in total. The van der Waals surface area contributed by atoms with E-state index in [1.54, 1.807) is 12.1 Å². The average Bonchev–Trinajstić information content (AvgIpc) is 2.85. The van der Waals surface area contributed by atoms with E-state index in [1.807, 2.05) is 0 Å². The molecule has 19 heavy (non-hydrogen) atoms. The summed E-state index contributed by atoms with van der Waals surface area (Å²) in [4.78, 5) is 0.170. The van der Waals surface area contributed by atoms with Crippen molar-refractivity contribution in [2.75, 3.05) is 27.3 Å². The maximum Gasteiger partial charge on any atom is 0.246 e. The van der Waals surface area contributed by atoms with Gasteiger partial charge in [-0.15, -0.1) is 0 Å². The number of methoxy groups -OCH3 is 2. The lowest BCUT2D eigenvalue weighted by Gasteiger charge is -2.18. The largest absolute Gasteiger partial charge is 0.497 e. The van der Waals surface area contributed by atoms with Crippen molar-refractivity contribution in [1.82, 2.24) is 4.31 Å². The highest BCUT2D eigenvalue weighted by Crippen LogP contribution is 2.32. The van der Waals surface area contributed by atoms with Crippen molar-refractivity contribution in [2.24, 2.45) is 5.92 Å². The third-order valence-electron chi connectivity index (χ3n) is 3.38. The van der Waals surface area contributed by atoms with Gasteiger partial charge in [-0.2, -0.15) is 4.31 Å². The summed E-state index contributed by atoms with van der Waals surface area (Å²) >= 11 is 0. The van der Waals surface area contributed by atoms with Gasteiger partial charge in [-0.3, -0.25) is 0 Å². The molecule has 0 saturated carbocycles. The highest BCUT2D eigenvalue weighted by Gasteiger charge is 2.32. The highest BCUT2D eigenvalue weighted by atomic mass is 32.2. The van der Waals surface area contributed by atoms with E-state index in [-0.39, 0.29) is 4.90 Å². The molecule has 0 spiro atoms. The molecule has 1 heterocycles. The van der Waals surface area contributed by atoms with E-state index >= 15 is 0 Å². The lowest BCUT2D eigenvalue weighted by Crippen LogP contribution is -2.29. The Kier molecular flexibility index (Phi) is 4.01. The fourth-order valence-corrected chi connectivity index (χ4v) is 3.98. The third-order valence-corrected chi connectivity index (χ3v) is 5.26. The van der Waals surface area contributed by atoms with Crippen LogP contribution in [-0.4, -0.2) is 40.0 Å². The molecule has 6 heteroatoms. The van der Waals surface area contributed by atoms with E-state index in [0.717, 1.165) is 6.42 Å². The van der Waals surface area contributed by atoms with Crippen molar-refractivity contribution in [3.63, 3.8) is 0 Å². The van der Waals surface area contributed by atoms with Gasteiger partial charge in [0.2, 0.25) is 10.0 Å². The lowest BCUT2D eigenvalue weighted by molar-refractivity contribution is 0.388. The molecule has 1 fully saturated rings. The summed E-state index contributed by atoms with van der Waals surface area (Å²) in [6.07, 6.45) is 0.894. The molecule has 1 aromatic rings. The van der Waals surface area contributed by atoms with Gasteiger partial charge in [0, 0.05) is 19.2 Å². The second kappa shape index (κ2) is 5.38. The summed E-state index contributed by atoms with van der Waals surface area (Å²) in [7, 11) is -0.543. The molecule has 1 aliphatic rings. The Hall–Kier alpha value is -1.27. The molecule has 0 aliphatic carbocycles. The van der Waals surface area contributed by atoms with Gasteiger partial charge in [0.1, 0.15) is 16.4 Å². The third kappa shape index (κ3) is 2.69. The Morgan fingerprint density at radius 1 is 1.26 bits per heavy atom. The zero-order valence-corrected chi connectivity index (χ0v) is 12.2. The van der Waals surface area contributed by atoms with Crippen LogP contribution in [0.4, 0.5) is 0 Å². The molecular formula is C13H19NO4S. The molecule has 1 aliphatic heterocycles. The Balaban J connectivity index is 2.44. The average molecular weight is 285 g/mol. The monoisotopic (exact) mass is 285 g/mol. The zero-order chi connectivity index (χ0) is 14.0. The molecule has 106 valence electrons. The fourth-order valence-electron chi connectivity index (χ4n) is 2.24. The molecule has 0 N–H and O–H groups in total. The maximum atomic E-state index is 12.6. The minimum Gasteiger partial charge on any atom is -0.497 e. The van der Waals surface area contributed by atoms with Crippen molar-refractivity contribution in [3.8, 4) is 11.5 Å². The van der Waals surface area contributed by atoms with Gasteiger partial charge in [0.25, 0.3) is 0 Å². The van der Waals surface area contributed by atoms with Gasteiger partial charge in [-0.25, -0.2) is 8.42 Å². The summed E-state index contributed by atoms with van der Waals surface area (Å²) in [6, 6.07) is 4.81. The Morgan fingerprint density at radius 2 is 2.00 bits per heavy atom. The van der Waals surface area contributed by atoms with Crippen LogP contribution in [0.1, 0.15) is 13.3 Å². The van der Waals surface area contributed by atoms with E-state index < -0.39 is 10.0 Å². The molecule has 1 atom stereocenters. The van der Waals surface area contributed by atoms with Crippen LogP contribution in [0.25, 0.3) is 0 Å². The number of hydrogen-bond acceptors (Lipinski definition) is 4. The summed E-state index contributed by atoms with van der Waals surface area (Å²) in [6.45, 7) is 3.17. The smallest absolute Gasteiger partial charge is 0.246 e. The first kappa shape index (κ1) is 14.1. The molecule has 2 rings (SSSR count). The normalized spacial score (nSPS) is 20.5. The predicted octanol–water partition coefficient (Wildman–Crippen LogP) is 1.73. The second-order valence-electron chi connectivity index (χ2n) is 4.77. The van der Waals surface area contributed by atoms with Crippen molar-refractivity contribution >= 4 is 10.0 Å². The van der Waals surface area contributed by atoms with Gasteiger partial charge >= 0.3 is 0 Å². The topological polar surface area (TPSA) is 55.8 Å². The first-order valence-corrected chi connectivity index (χ1v) is 7.65. The molecule has 0 bridgehead atoms. The molecule has 1 unspecified atom stereocenters. The van der Waals surface area contributed by atoms with Crippen LogP contribution in [0, 0.1) is 5.92 Å². The lowest BCUT2D eigenvalue weighted by atomic mass is 10.2. The Labute approximate surface area is 114 Å². The van der Waals surface area contributed by atoms with Crippen LogP contribution >= 0.6 is 0 Å². The minimum absolute atomic E-state index is 0.170. The van der Waals surface area contributed by atoms with Crippen molar-refractivity contribution < 1.29 is 17.9 Å². The molecule has 0 amide bonds. The van der Waals surface area contributed by atoms with Gasteiger partial charge < -0.3 is 9.47 Å². The van der Waals surface area contributed by atoms with Gasteiger partial charge in [0.15, 0.2) is 0 Å². The van der Waals surface area contributed by atoms with Crippen molar-refractivity contribution in [1.29, 1.82) is 0 Å². The quantitative estimate of drug-likeness (QED) is 0.845. The van der Waals surface area contributed by atoms with Gasteiger partial charge in [0.05, 0.1) is 14.2 Å². The highest BCUT2D eigenvalue weighted by molar-refractivity contribution is 7.89. The molecule has 1 aromatic carbocycles. The number of benzene rings is 1. The maximum absolute atomic E-state index is 12.6. The number of rotatable bonds is 4. The summed E-state index contributed by atoms with van der Waals surface area (Å²) in [5.74, 6) is 1.25. The van der Waals surface area contributed by atoms with E-state index in [9.17, 15) is 8.42 Å². The second-order valence-corrected chi connectivity index (χ2v) is 6.68. The Bertz CT molecular complexity index is 556.